The molecule has 0 radical (unpaired) electrons. The van der Waals surface area contributed by atoms with Crippen LogP contribution in [-0.2, 0) is 14.3 Å². The molecule has 3 atom stereocenters. The van der Waals surface area contributed by atoms with Gasteiger partial charge in [-0.2, -0.15) is 0 Å². The van der Waals surface area contributed by atoms with E-state index in [0.717, 1.165) is 12.8 Å². The molecule has 1 N–H and O–H groups in total. The summed E-state index contributed by atoms with van der Waals surface area (Å²) in [5.74, 6) is 0.0567. The average Bonchev–Trinajstić information content (AvgIpc) is 3.22. The summed E-state index contributed by atoms with van der Waals surface area (Å²) in [5.41, 5.74) is 0.538. The van der Waals surface area contributed by atoms with Crippen molar-refractivity contribution in [1.82, 2.24) is 10.2 Å². The van der Waals surface area contributed by atoms with Crippen molar-refractivity contribution < 1.29 is 19.1 Å². The first kappa shape index (κ1) is 16.3. The Hall–Kier alpha value is -2.21. The molecule has 1 aliphatic carbocycles. The third-order valence-electron chi connectivity index (χ3n) is 5.30. The summed E-state index contributed by atoms with van der Waals surface area (Å²) >= 11 is 0. The third kappa shape index (κ3) is 3.31. The molecule has 3 fully saturated rings. The van der Waals surface area contributed by atoms with E-state index in [1.165, 1.54) is 0 Å². The molecular formula is C19H22N2O4. The molecule has 6 heteroatoms. The zero-order chi connectivity index (χ0) is 17.4. The van der Waals surface area contributed by atoms with E-state index in [1.807, 2.05) is 6.07 Å². The van der Waals surface area contributed by atoms with Gasteiger partial charge >= 0.3 is 0 Å². The van der Waals surface area contributed by atoms with Gasteiger partial charge in [-0.1, -0.05) is 31.0 Å². The lowest BCUT2D eigenvalue weighted by atomic mass is 10.1. The summed E-state index contributed by atoms with van der Waals surface area (Å²) in [5, 5.41) is 2.89. The van der Waals surface area contributed by atoms with Gasteiger partial charge in [0.15, 0.2) is 5.78 Å². The molecule has 2 aliphatic heterocycles. The number of amides is 2. The second-order valence-electron chi connectivity index (χ2n) is 7.15. The standard InChI is InChI=1S/C19H22N2O4/c22-15-11-25-16-8-9-21(17(15)16)19(24)14(10-12-6-7-12)20-18(23)13-4-2-1-3-5-13/h1-5,12,14,16-17H,6-11H2,(H,20,23). The maximum atomic E-state index is 13.1. The Morgan fingerprint density at radius 2 is 1.96 bits per heavy atom. The molecule has 2 amide bonds. The number of Topliss-reactive ketones (excluding diaryl/α,β-unsaturated/α-hetero) is 1. The molecule has 1 aromatic carbocycles. The number of carbonyl (C=O) groups is 3. The molecule has 0 aromatic heterocycles. The van der Waals surface area contributed by atoms with E-state index in [9.17, 15) is 14.4 Å². The van der Waals surface area contributed by atoms with Gasteiger partial charge in [0.2, 0.25) is 5.91 Å². The van der Waals surface area contributed by atoms with E-state index >= 15 is 0 Å². The van der Waals surface area contributed by atoms with Gasteiger partial charge in [0, 0.05) is 12.1 Å². The van der Waals surface area contributed by atoms with Gasteiger partial charge in [0.1, 0.15) is 18.7 Å². The van der Waals surface area contributed by atoms with Crippen LogP contribution in [0, 0.1) is 5.92 Å². The van der Waals surface area contributed by atoms with Gasteiger partial charge in [-0.25, -0.2) is 0 Å². The largest absolute Gasteiger partial charge is 0.368 e. The normalized spacial score (nSPS) is 26.4. The van der Waals surface area contributed by atoms with Gasteiger partial charge in [-0.15, -0.1) is 0 Å². The molecule has 25 heavy (non-hydrogen) atoms. The van der Waals surface area contributed by atoms with Crippen LogP contribution in [-0.4, -0.2) is 53.8 Å². The molecule has 6 nitrogen and oxygen atoms in total. The molecule has 0 spiro atoms. The number of nitrogens with zero attached hydrogens (tertiary/aromatic N) is 1. The number of benzene rings is 1. The van der Waals surface area contributed by atoms with Gasteiger partial charge in [0.25, 0.3) is 5.91 Å². The van der Waals surface area contributed by atoms with E-state index in [1.54, 1.807) is 29.2 Å². The van der Waals surface area contributed by atoms with Crippen molar-refractivity contribution in [1.29, 1.82) is 0 Å². The fourth-order valence-electron chi connectivity index (χ4n) is 3.78. The number of fused-ring (bicyclic) bond motifs is 1. The fraction of sp³-hybridized carbons (Fsp3) is 0.526. The monoisotopic (exact) mass is 342 g/mol. The van der Waals surface area contributed by atoms with Crippen LogP contribution in [0.1, 0.15) is 36.0 Å². The van der Waals surface area contributed by atoms with E-state index in [-0.39, 0.29) is 30.3 Å². The SMILES string of the molecule is O=C(NC(CC1CC1)C(=O)N1CCC2OCC(=O)C21)c1ccccc1. The lowest BCUT2D eigenvalue weighted by Crippen LogP contribution is -2.52. The Balaban J connectivity index is 1.49. The van der Waals surface area contributed by atoms with Crippen molar-refractivity contribution in [2.75, 3.05) is 13.2 Å². The van der Waals surface area contributed by atoms with E-state index in [4.69, 9.17) is 4.74 Å². The Morgan fingerprint density at radius 3 is 2.68 bits per heavy atom. The molecule has 2 heterocycles. The number of carbonyl (C=O) groups excluding carboxylic acids is 3. The van der Waals surface area contributed by atoms with Crippen LogP contribution in [0.25, 0.3) is 0 Å². The number of rotatable bonds is 5. The molecule has 0 bridgehead atoms. The van der Waals surface area contributed by atoms with Crippen LogP contribution in [0.4, 0.5) is 0 Å². The minimum Gasteiger partial charge on any atom is -0.368 e. The number of ketones is 1. The molecule has 132 valence electrons. The van der Waals surface area contributed by atoms with Gasteiger partial charge in [-0.3, -0.25) is 14.4 Å². The zero-order valence-electron chi connectivity index (χ0n) is 14.0. The number of ether oxygens (including phenoxy) is 1. The molecule has 3 unspecified atom stereocenters. The summed E-state index contributed by atoms with van der Waals surface area (Å²) in [6.45, 7) is 0.602. The van der Waals surface area contributed by atoms with E-state index < -0.39 is 12.1 Å². The van der Waals surface area contributed by atoms with Gasteiger partial charge in [0.05, 0.1) is 6.10 Å². The van der Waals surface area contributed by atoms with Crippen molar-refractivity contribution in [3.8, 4) is 0 Å². The topological polar surface area (TPSA) is 75.7 Å². The smallest absolute Gasteiger partial charge is 0.251 e. The Labute approximate surface area is 146 Å². The molecule has 1 saturated carbocycles. The fourth-order valence-corrected chi connectivity index (χ4v) is 3.78. The summed E-state index contributed by atoms with van der Waals surface area (Å²) < 4.78 is 5.46. The van der Waals surface area contributed by atoms with Crippen LogP contribution < -0.4 is 5.32 Å². The number of nitrogens with one attached hydrogen (secondary N) is 1. The first-order chi connectivity index (χ1) is 12.1. The highest BCUT2D eigenvalue weighted by Gasteiger charge is 2.48. The van der Waals surface area contributed by atoms with Crippen molar-refractivity contribution in [3.63, 3.8) is 0 Å². The Bertz CT molecular complexity index is 686. The molecule has 2 saturated heterocycles. The van der Waals surface area contributed by atoms with Crippen LogP contribution in [0.15, 0.2) is 30.3 Å². The van der Waals surface area contributed by atoms with Crippen molar-refractivity contribution >= 4 is 17.6 Å². The van der Waals surface area contributed by atoms with Crippen molar-refractivity contribution in [2.45, 2.75) is 43.9 Å². The first-order valence-electron chi connectivity index (χ1n) is 8.94. The molecule has 1 aromatic rings. The molecular weight excluding hydrogens is 320 g/mol. The first-order valence-corrected chi connectivity index (χ1v) is 8.94. The van der Waals surface area contributed by atoms with Crippen molar-refractivity contribution in [3.05, 3.63) is 35.9 Å². The highest BCUT2D eigenvalue weighted by molar-refractivity contribution is 5.99. The van der Waals surface area contributed by atoms with Gasteiger partial charge < -0.3 is 15.0 Å². The van der Waals surface area contributed by atoms with Crippen molar-refractivity contribution in [2.24, 2.45) is 5.92 Å². The number of hydrogen-bond acceptors (Lipinski definition) is 4. The Kier molecular flexibility index (Phi) is 4.29. The second-order valence-corrected chi connectivity index (χ2v) is 7.15. The minimum absolute atomic E-state index is 0.0320. The summed E-state index contributed by atoms with van der Waals surface area (Å²) in [6.07, 6.45) is 3.34. The number of likely N-dealkylation sites (tertiary alicyclic amines) is 1. The predicted octanol–water partition coefficient (Wildman–Crippen LogP) is 1.15. The lowest BCUT2D eigenvalue weighted by Gasteiger charge is -2.27. The average molecular weight is 342 g/mol. The van der Waals surface area contributed by atoms with E-state index in [2.05, 4.69) is 5.32 Å². The maximum absolute atomic E-state index is 13.1. The van der Waals surface area contributed by atoms with E-state index in [0.29, 0.717) is 30.9 Å². The van der Waals surface area contributed by atoms with Crippen LogP contribution in [0.2, 0.25) is 0 Å². The minimum atomic E-state index is -0.577. The van der Waals surface area contributed by atoms with Gasteiger partial charge in [-0.05, 0) is 30.9 Å². The second kappa shape index (κ2) is 6.59. The Morgan fingerprint density at radius 1 is 1.20 bits per heavy atom. The molecule has 3 aliphatic rings. The highest BCUT2D eigenvalue weighted by Crippen LogP contribution is 2.35. The van der Waals surface area contributed by atoms with Crippen LogP contribution in [0.3, 0.4) is 0 Å². The highest BCUT2D eigenvalue weighted by atomic mass is 16.5. The number of hydrogen-bond donors (Lipinski definition) is 1. The third-order valence-corrected chi connectivity index (χ3v) is 5.30. The molecule has 4 rings (SSSR count). The van der Waals surface area contributed by atoms with Crippen LogP contribution >= 0.6 is 0 Å². The quantitative estimate of drug-likeness (QED) is 0.871. The summed E-state index contributed by atoms with van der Waals surface area (Å²) in [7, 11) is 0. The lowest BCUT2D eigenvalue weighted by molar-refractivity contribution is -0.138. The van der Waals surface area contributed by atoms with Crippen LogP contribution in [0.5, 0.6) is 0 Å². The maximum Gasteiger partial charge on any atom is 0.251 e. The predicted molar refractivity (Wildman–Crippen MR) is 89.9 cm³/mol. The zero-order valence-corrected chi connectivity index (χ0v) is 14.0. The summed E-state index contributed by atoms with van der Waals surface area (Å²) in [4.78, 5) is 39.3. The summed E-state index contributed by atoms with van der Waals surface area (Å²) in [6, 6.07) is 7.86.